The molecule has 25 heavy (non-hydrogen) atoms. The molecule has 4 nitrogen and oxygen atoms in total. The molecule has 2 N–H and O–H groups in total. The van der Waals surface area contributed by atoms with E-state index in [-0.39, 0.29) is 18.3 Å². The normalized spacial score (nSPS) is 13.0. The van der Waals surface area contributed by atoms with Crippen LogP contribution in [0.2, 0.25) is 0 Å². The van der Waals surface area contributed by atoms with Crippen molar-refractivity contribution in [3.05, 3.63) is 52.0 Å². The summed E-state index contributed by atoms with van der Waals surface area (Å²) in [7, 11) is 0. The number of ether oxygens (including phenoxy) is 1. The van der Waals surface area contributed by atoms with Gasteiger partial charge in [0.15, 0.2) is 0 Å². The van der Waals surface area contributed by atoms with Gasteiger partial charge in [0.05, 0.1) is 17.5 Å². The molecular weight excluding hydrogens is 404 g/mol. The Morgan fingerprint density at radius 1 is 1.32 bits per heavy atom. The Kier molecular flexibility index (Phi) is 6.73. The zero-order valence-corrected chi connectivity index (χ0v) is 16.5. The summed E-state index contributed by atoms with van der Waals surface area (Å²) >= 11 is 3.49. The fraction of sp³-hybridized carbons (Fsp3) is 0.316. The van der Waals surface area contributed by atoms with Gasteiger partial charge < -0.3 is 15.4 Å². The molecule has 0 aromatic heterocycles. The lowest BCUT2D eigenvalue weighted by molar-refractivity contribution is -0.119. The van der Waals surface area contributed by atoms with Crippen molar-refractivity contribution >= 4 is 45.6 Å². The predicted octanol–water partition coefficient (Wildman–Crippen LogP) is 4.51. The number of carbonyl (C=O) groups excluding carboxylic acids is 1. The molecule has 3 rings (SSSR count). The van der Waals surface area contributed by atoms with Gasteiger partial charge in [-0.2, -0.15) is 0 Å². The SMILES string of the molecule is Cc1ccc(OCCC(=O)N2CCCc3c(N)cccc32)c(Br)c1.Cl. The van der Waals surface area contributed by atoms with Gasteiger partial charge in [-0.25, -0.2) is 0 Å². The number of hydrogen-bond acceptors (Lipinski definition) is 3. The van der Waals surface area contributed by atoms with E-state index in [1.165, 1.54) is 0 Å². The Hall–Kier alpha value is -1.72. The summed E-state index contributed by atoms with van der Waals surface area (Å²) in [5.74, 6) is 0.835. The van der Waals surface area contributed by atoms with Crippen LogP contribution in [0.1, 0.15) is 24.0 Å². The highest BCUT2D eigenvalue weighted by molar-refractivity contribution is 9.10. The fourth-order valence-corrected chi connectivity index (χ4v) is 3.62. The first-order chi connectivity index (χ1) is 11.6. The third-order valence-corrected chi connectivity index (χ3v) is 4.87. The number of halogens is 2. The van der Waals surface area contributed by atoms with Crippen LogP contribution in [0.25, 0.3) is 0 Å². The molecule has 2 aromatic rings. The first kappa shape index (κ1) is 19.6. The second-order valence-electron chi connectivity index (χ2n) is 6.03. The van der Waals surface area contributed by atoms with E-state index >= 15 is 0 Å². The Morgan fingerprint density at radius 2 is 2.12 bits per heavy atom. The van der Waals surface area contributed by atoms with Gasteiger partial charge in [-0.1, -0.05) is 12.1 Å². The van der Waals surface area contributed by atoms with Crippen molar-refractivity contribution < 1.29 is 9.53 Å². The number of hydrogen-bond donors (Lipinski definition) is 1. The maximum atomic E-state index is 12.6. The number of anilines is 2. The average molecular weight is 426 g/mol. The van der Waals surface area contributed by atoms with Crippen LogP contribution >= 0.6 is 28.3 Å². The van der Waals surface area contributed by atoms with Crippen molar-refractivity contribution in [3.8, 4) is 5.75 Å². The minimum atomic E-state index is 0. The number of nitrogen functional groups attached to an aromatic ring is 1. The van der Waals surface area contributed by atoms with Crippen LogP contribution in [-0.4, -0.2) is 19.1 Å². The third kappa shape index (κ3) is 4.47. The highest BCUT2D eigenvalue weighted by atomic mass is 79.9. The van der Waals surface area contributed by atoms with Gasteiger partial charge in [0.2, 0.25) is 5.91 Å². The maximum Gasteiger partial charge on any atom is 0.230 e. The zero-order valence-electron chi connectivity index (χ0n) is 14.1. The van der Waals surface area contributed by atoms with Crippen LogP contribution in [0, 0.1) is 6.92 Å². The molecule has 134 valence electrons. The van der Waals surface area contributed by atoms with Gasteiger partial charge in [-0.15, -0.1) is 12.4 Å². The number of rotatable bonds is 4. The molecule has 0 atom stereocenters. The van der Waals surface area contributed by atoms with E-state index in [2.05, 4.69) is 15.9 Å². The molecule has 0 fully saturated rings. The number of aryl methyl sites for hydroxylation is 1. The number of nitrogens with zero attached hydrogens (tertiary/aromatic N) is 1. The van der Waals surface area contributed by atoms with E-state index in [4.69, 9.17) is 10.5 Å². The van der Waals surface area contributed by atoms with Crippen LogP contribution in [0.4, 0.5) is 11.4 Å². The van der Waals surface area contributed by atoms with Crippen LogP contribution in [-0.2, 0) is 11.2 Å². The smallest absolute Gasteiger partial charge is 0.230 e. The van der Waals surface area contributed by atoms with Gasteiger partial charge in [0.1, 0.15) is 5.75 Å². The lowest BCUT2D eigenvalue weighted by Gasteiger charge is -2.30. The van der Waals surface area contributed by atoms with E-state index in [0.717, 1.165) is 52.1 Å². The molecule has 0 saturated heterocycles. The first-order valence-corrected chi connectivity index (χ1v) is 8.92. The maximum absolute atomic E-state index is 12.6. The lowest BCUT2D eigenvalue weighted by atomic mass is 9.99. The molecule has 1 heterocycles. The predicted molar refractivity (Wildman–Crippen MR) is 108 cm³/mol. The standard InChI is InChI=1S/C19H21BrN2O2.ClH/c1-13-7-8-18(15(20)12-13)24-11-9-19(23)22-10-3-4-14-16(21)5-2-6-17(14)22;/h2,5-8,12H,3-4,9-11,21H2,1H3;1H. The molecule has 0 bridgehead atoms. The number of amides is 1. The molecule has 1 aliphatic rings. The van der Waals surface area contributed by atoms with Crippen molar-refractivity contribution in [2.24, 2.45) is 0 Å². The molecule has 0 spiro atoms. The minimum absolute atomic E-state index is 0. The molecule has 0 unspecified atom stereocenters. The quantitative estimate of drug-likeness (QED) is 0.733. The molecule has 0 radical (unpaired) electrons. The summed E-state index contributed by atoms with van der Waals surface area (Å²) in [6.07, 6.45) is 2.21. The molecule has 1 amide bonds. The summed E-state index contributed by atoms with van der Waals surface area (Å²) < 4.78 is 6.65. The molecule has 1 aliphatic heterocycles. The Balaban J connectivity index is 0.00000225. The Labute approximate surface area is 162 Å². The molecule has 2 aromatic carbocycles. The number of nitrogens with two attached hydrogens (primary N) is 1. The van der Waals surface area contributed by atoms with E-state index in [1.807, 2.05) is 48.2 Å². The topological polar surface area (TPSA) is 55.6 Å². The van der Waals surface area contributed by atoms with Crippen LogP contribution in [0.5, 0.6) is 5.75 Å². The lowest BCUT2D eigenvalue weighted by Crippen LogP contribution is -2.36. The van der Waals surface area contributed by atoms with E-state index in [9.17, 15) is 4.79 Å². The van der Waals surface area contributed by atoms with Gasteiger partial charge in [0.25, 0.3) is 0 Å². The summed E-state index contributed by atoms with van der Waals surface area (Å²) in [5.41, 5.74) is 10.00. The highest BCUT2D eigenvalue weighted by Gasteiger charge is 2.23. The molecule has 6 heteroatoms. The van der Waals surface area contributed by atoms with E-state index in [0.29, 0.717) is 13.0 Å². The zero-order chi connectivity index (χ0) is 17.1. The van der Waals surface area contributed by atoms with Crippen molar-refractivity contribution in [3.63, 3.8) is 0 Å². The van der Waals surface area contributed by atoms with E-state index < -0.39 is 0 Å². The van der Waals surface area contributed by atoms with Gasteiger partial charge in [-0.05, 0) is 71.1 Å². The monoisotopic (exact) mass is 424 g/mol. The average Bonchev–Trinajstić information content (AvgIpc) is 2.56. The van der Waals surface area contributed by atoms with Crippen LogP contribution in [0.3, 0.4) is 0 Å². The van der Waals surface area contributed by atoms with Crippen molar-refractivity contribution in [1.82, 2.24) is 0 Å². The molecule has 0 saturated carbocycles. The van der Waals surface area contributed by atoms with Crippen molar-refractivity contribution in [2.75, 3.05) is 23.8 Å². The fourth-order valence-electron chi connectivity index (χ4n) is 3.02. The first-order valence-electron chi connectivity index (χ1n) is 8.13. The van der Waals surface area contributed by atoms with Gasteiger partial charge in [-0.3, -0.25) is 4.79 Å². The Morgan fingerprint density at radius 3 is 2.88 bits per heavy atom. The van der Waals surface area contributed by atoms with Crippen LogP contribution in [0.15, 0.2) is 40.9 Å². The van der Waals surface area contributed by atoms with Gasteiger partial charge >= 0.3 is 0 Å². The third-order valence-electron chi connectivity index (χ3n) is 4.25. The summed E-state index contributed by atoms with van der Waals surface area (Å²) in [6.45, 7) is 3.12. The number of benzene rings is 2. The highest BCUT2D eigenvalue weighted by Crippen LogP contribution is 2.31. The summed E-state index contributed by atoms with van der Waals surface area (Å²) in [4.78, 5) is 14.4. The summed E-state index contributed by atoms with van der Waals surface area (Å²) in [6, 6.07) is 11.7. The van der Waals surface area contributed by atoms with Crippen LogP contribution < -0.4 is 15.4 Å². The summed E-state index contributed by atoms with van der Waals surface area (Å²) in [5, 5.41) is 0. The van der Waals surface area contributed by atoms with E-state index in [1.54, 1.807) is 0 Å². The van der Waals surface area contributed by atoms with Gasteiger partial charge in [0, 0.05) is 17.9 Å². The van der Waals surface area contributed by atoms with Crippen molar-refractivity contribution in [1.29, 1.82) is 0 Å². The largest absolute Gasteiger partial charge is 0.492 e. The molecular formula is C19H22BrClN2O2. The number of carbonyl (C=O) groups is 1. The number of fused-ring (bicyclic) bond motifs is 1. The minimum Gasteiger partial charge on any atom is -0.492 e. The second-order valence-corrected chi connectivity index (χ2v) is 6.88. The Bertz CT molecular complexity index is 767. The molecule has 0 aliphatic carbocycles. The van der Waals surface area contributed by atoms with Crippen molar-refractivity contribution in [2.45, 2.75) is 26.2 Å². The second kappa shape index (κ2) is 8.59.